The second-order valence-electron chi connectivity index (χ2n) is 5.28. The summed E-state index contributed by atoms with van der Waals surface area (Å²) >= 11 is 0. The molecule has 1 unspecified atom stereocenters. The molecular weight excluding hydrogens is 224 g/mol. The van der Waals surface area contributed by atoms with E-state index in [9.17, 15) is 0 Å². The molecule has 1 saturated heterocycles. The van der Waals surface area contributed by atoms with Gasteiger partial charge in [-0.1, -0.05) is 6.92 Å². The molecule has 0 aliphatic carbocycles. The lowest BCUT2D eigenvalue weighted by atomic mass is 10.0. The van der Waals surface area contributed by atoms with Gasteiger partial charge in [-0.25, -0.2) is 4.98 Å². The summed E-state index contributed by atoms with van der Waals surface area (Å²) in [5.74, 6) is 1.18. The molecule has 2 rings (SSSR count). The molecule has 1 aliphatic rings. The van der Waals surface area contributed by atoms with Crippen molar-refractivity contribution in [1.82, 2.24) is 14.9 Å². The van der Waals surface area contributed by atoms with E-state index in [-0.39, 0.29) is 0 Å². The molecule has 0 radical (unpaired) electrons. The van der Waals surface area contributed by atoms with E-state index in [0.717, 1.165) is 31.7 Å². The number of anilines is 1. The average molecular weight is 250 g/mol. The van der Waals surface area contributed by atoms with Crippen LogP contribution in [0.4, 0.5) is 5.95 Å². The van der Waals surface area contributed by atoms with E-state index in [0.29, 0.717) is 6.04 Å². The van der Waals surface area contributed by atoms with Gasteiger partial charge in [0, 0.05) is 31.9 Å². The number of rotatable bonds is 5. The summed E-state index contributed by atoms with van der Waals surface area (Å²) < 4.78 is 2.32. The number of likely N-dealkylation sites (N-methyl/N-ethyl adjacent to an activating group) is 1. The summed E-state index contributed by atoms with van der Waals surface area (Å²) in [5.41, 5.74) is 1.13. The average Bonchev–Trinajstić information content (AvgIpc) is 2.72. The Morgan fingerprint density at radius 3 is 3.00 bits per heavy atom. The summed E-state index contributed by atoms with van der Waals surface area (Å²) in [6.45, 7) is 7.58. The van der Waals surface area contributed by atoms with E-state index >= 15 is 0 Å². The molecule has 4 nitrogen and oxygen atoms in total. The van der Waals surface area contributed by atoms with Gasteiger partial charge in [-0.05, 0) is 39.7 Å². The van der Waals surface area contributed by atoms with E-state index in [1.807, 2.05) is 7.05 Å². The Bertz CT molecular complexity index is 370. The lowest BCUT2D eigenvalue weighted by molar-refractivity contribution is 0.433. The fourth-order valence-electron chi connectivity index (χ4n) is 2.88. The zero-order valence-corrected chi connectivity index (χ0v) is 11.9. The van der Waals surface area contributed by atoms with Crippen LogP contribution in [0.5, 0.6) is 0 Å². The second kappa shape index (κ2) is 6.23. The van der Waals surface area contributed by atoms with Crippen molar-refractivity contribution in [3.63, 3.8) is 0 Å². The Morgan fingerprint density at radius 1 is 1.44 bits per heavy atom. The highest BCUT2D eigenvalue weighted by molar-refractivity contribution is 5.36. The Morgan fingerprint density at radius 2 is 2.28 bits per heavy atom. The highest BCUT2D eigenvalue weighted by atomic mass is 15.3. The second-order valence-corrected chi connectivity index (χ2v) is 5.28. The van der Waals surface area contributed by atoms with Crippen molar-refractivity contribution >= 4 is 5.95 Å². The maximum absolute atomic E-state index is 4.75. The number of hydrogen-bond acceptors (Lipinski definition) is 3. The van der Waals surface area contributed by atoms with Crippen LogP contribution in [0, 0.1) is 6.92 Å². The van der Waals surface area contributed by atoms with Gasteiger partial charge in [0.05, 0.1) is 5.69 Å². The van der Waals surface area contributed by atoms with Gasteiger partial charge >= 0.3 is 0 Å². The zero-order valence-electron chi connectivity index (χ0n) is 11.9. The minimum absolute atomic E-state index is 0.598. The van der Waals surface area contributed by atoms with Crippen LogP contribution in [0.25, 0.3) is 0 Å². The monoisotopic (exact) mass is 250 g/mol. The normalized spacial score (nSPS) is 20.4. The lowest BCUT2D eigenvalue weighted by Gasteiger charge is -2.36. The van der Waals surface area contributed by atoms with Gasteiger partial charge in [0.25, 0.3) is 0 Å². The SMILES string of the molecule is CCCn1cc(C)nc1N1CCCCC1CNC. The standard InChI is InChI=1S/C14H26N4/c1-4-8-17-11-12(2)16-14(17)18-9-6-5-7-13(18)10-15-3/h11,13,15H,4-10H2,1-3H3. The first kappa shape index (κ1) is 13.4. The van der Waals surface area contributed by atoms with E-state index in [1.54, 1.807) is 0 Å². The zero-order chi connectivity index (χ0) is 13.0. The molecule has 4 heteroatoms. The Balaban J connectivity index is 2.21. The number of imidazole rings is 1. The Hall–Kier alpha value is -1.03. The molecule has 2 heterocycles. The fourth-order valence-corrected chi connectivity index (χ4v) is 2.88. The minimum atomic E-state index is 0.598. The molecule has 1 fully saturated rings. The summed E-state index contributed by atoms with van der Waals surface area (Å²) in [7, 11) is 2.04. The summed E-state index contributed by atoms with van der Waals surface area (Å²) in [6, 6.07) is 0.598. The number of hydrogen-bond donors (Lipinski definition) is 1. The first-order valence-electron chi connectivity index (χ1n) is 7.21. The van der Waals surface area contributed by atoms with Gasteiger partial charge in [0.2, 0.25) is 5.95 Å². The lowest BCUT2D eigenvalue weighted by Crippen LogP contribution is -2.46. The predicted octanol–water partition coefficient (Wildman–Crippen LogP) is 2.18. The van der Waals surface area contributed by atoms with Crippen LogP contribution in [0.1, 0.15) is 38.3 Å². The van der Waals surface area contributed by atoms with Gasteiger partial charge in [0.1, 0.15) is 0 Å². The summed E-state index contributed by atoms with van der Waals surface area (Å²) in [5, 5.41) is 3.32. The molecule has 0 spiro atoms. The molecule has 0 aromatic carbocycles. The summed E-state index contributed by atoms with van der Waals surface area (Å²) in [4.78, 5) is 7.25. The van der Waals surface area contributed by atoms with Crippen LogP contribution in [-0.4, -0.2) is 35.7 Å². The molecular formula is C14H26N4. The van der Waals surface area contributed by atoms with Gasteiger partial charge in [-0.3, -0.25) is 0 Å². The van der Waals surface area contributed by atoms with E-state index in [2.05, 4.69) is 34.8 Å². The molecule has 102 valence electrons. The molecule has 0 bridgehead atoms. The van der Waals surface area contributed by atoms with Crippen LogP contribution in [-0.2, 0) is 6.54 Å². The van der Waals surface area contributed by atoms with Crippen LogP contribution in [0.3, 0.4) is 0 Å². The molecule has 1 aliphatic heterocycles. The van der Waals surface area contributed by atoms with E-state index in [1.165, 1.54) is 25.2 Å². The predicted molar refractivity (Wildman–Crippen MR) is 76.2 cm³/mol. The third kappa shape index (κ3) is 2.86. The van der Waals surface area contributed by atoms with Gasteiger partial charge < -0.3 is 14.8 Å². The van der Waals surface area contributed by atoms with Crippen LogP contribution < -0.4 is 10.2 Å². The van der Waals surface area contributed by atoms with Gasteiger partial charge in [0.15, 0.2) is 0 Å². The van der Waals surface area contributed by atoms with Crippen molar-refractivity contribution in [2.45, 2.75) is 52.1 Å². The molecule has 1 N–H and O–H groups in total. The summed E-state index contributed by atoms with van der Waals surface area (Å²) in [6.07, 6.45) is 7.25. The van der Waals surface area contributed by atoms with Crippen molar-refractivity contribution in [3.05, 3.63) is 11.9 Å². The topological polar surface area (TPSA) is 33.1 Å². The van der Waals surface area contributed by atoms with Crippen molar-refractivity contribution in [2.24, 2.45) is 0 Å². The number of piperidine rings is 1. The third-order valence-electron chi connectivity index (χ3n) is 3.66. The maximum atomic E-state index is 4.75. The Kier molecular flexibility index (Phi) is 4.64. The minimum Gasteiger partial charge on any atom is -0.338 e. The number of nitrogens with zero attached hydrogens (tertiary/aromatic N) is 3. The van der Waals surface area contributed by atoms with Gasteiger partial charge in [-0.15, -0.1) is 0 Å². The number of nitrogens with one attached hydrogen (secondary N) is 1. The van der Waals surface area contributed by atoms with Crippen molar-refractivity contribution in [2.75, 3.05) is 25.0 Å². The van der Waals surface area contributed by atoms with Crippen LogP contribution in [0.15, 0.2) is 6.20 Å². The quantitative estimate of drug-likeness (QED) is 0.869. The molecule has 0 saturated carbocycles. The Labute approximate surface area is 110 Å². The van der Waals surface area contributed by atoms with Crippen molar-refractivity contribution < 1.29 is 0 Å². The molecule has 1 aromatic rings. The van der Waals surface area contributed by atoms with Crippen LogP contribution in [0.2, 0.25) is 0 Å². The third-order valence-corrected chi connectivity index (χ3v) is 3.66. The van der Waals surface area contributed by atoms with Crippen LogP contribution >= 0.6 is 0 Å². The first-order valence-corrected chi connectivity index (χ1v) is 7.21. The molecule has 1 aromatic heterocycles. The van der Waals surface area contributed by atoms with Gasteiger partial charge in [-0.2, -0.15) is 0 Å². The number of aryl methyl sites for hydroxylation is 2. The smallest absolute Gasteiger partial charge is 0.206 e. The molecule has 0 amide bonds. The highest BCUT2D eigenvalue weighted by Gasteiger charge is 2.25. The molecule has 1 atom stereocenters. The number of aromatic nitrogens is 2. The highest BCUT2D eigenvalue weighted by Crippen LogP contribution is 2.24. The van der Waals surface area contributed by atoms with E-state index < -0.39 is 0 Å². The van der Waals surface area contributed by atoms with Crippen molar-refractivity contribution in [1.29, 1.82) is 0 Å². The maximum Gasteiger partial charge on any atom is 0.206 e. The van der Waals surface area contributed by atoms with E-state index in [4.69, 9.17) is 4.98 Å². The molecule has 18 heavy (non-hydrogen) atoms. The van der Waals surface area contributed by atoms with Crippen molar-refractivity contribution in [3.8, 4) is 0 Å². The largest absolute Gasteiger partial charge is 0.338 e. The first-order chi connectivity index (χ1) is 8.76. The fraction of sp³-hybridized carbons (Fsp3) is 0.786.